The summed E-state index contributed by atoms with van der Waals surface area (Å²) in [6, 6.07) is 5.61. The van der Waals surface area contributed by atoms with Crippen molar-refractivity contribution in [3.63, 3.8) is 0 Å². The maximum atomic E-state index is 13.7. The highest BCUT2D eigenvalue weighted by Crippen LogP contribution is 2.36. The highest BCUT2D eigenvalue weighted by Gasteiger charge is 2.15. The third kappa shape index (κ3) is 7.86. The van der Waals surface area contributed by atoms with E-state index in [1.807, 2.05) is 0 Å². The van der Waals surface area contributed by atoms with Crippen LogP contribution in [0.3, 0.4) is 0 Å². The molecule has 2 N–H and O–H groups in total. The Balaban J connectivity index is 0.000000655. The topological polar surface area (TPSA) is 84.9 Å². The third-order valence-corrected chi connectivity index (χ3v) is 5.83. The number of benzene rings is 2. The predicted molar refractivity (Wildman–Crippen MR) is 120 cm³/mol. The van der Waals surface area contributed by atoms with Crippen LogP contribution in [0.1, 0.15) is 25.3 Å². The first-order valence-electron chi connectivity index (χ1n) is 8.90. The standard InChI is InChI=1S/C15H14BrF2NO4S.C4H8O.BH3/c1-2-24(21,22)19-13-7-11(16)15(5-9(13)8-20)23-14-4-3-10(17)6-12(14)18;1-2-4-5-3-1;/h3-7,19-20H,2,8H2,1H3;1-4H2;1H3. The van der Waals surface area contributed by atoms with Gasteiger partial charge in [0.1, 0.15) is 11.6 Å². The smallest absolute Gasteiger partial charge is 0.232 e. The summed E-state index contributed by atoms with van der Waals surface area (Å²) >= 11 is 3.20. The summed E-state index contributed by atoms with van der Waals surface area (Å²) in [5.41, 5.74) is 0.422. The normalized spacial score (nSPS) is 13.1. The highest BCUT2D eigenvalue weighted by molar-refractivity contribution is 9.10. The van der Waals surface area contributed by atoms with Gasteiger partial charge in [-0.05, 0) is 60.0 Å². The molecule has 0 radical (unpaired) electrons. The van der Waals surface area contributed by atoms with Gasteiger partial charge in [0.25, 0.3) is 0 Å². The van der Waals surface area contributed by atoms with Gasteiger partial charge in [-0.3, -0.25) is 4.72 Å². The molecule has 1 aliphatic heterocycles. The van der Waals surface area contributed by atoms with E-state index in [4.69, 9.17) is 9.47 Å². The van der Waals surface area contributed by atoms with Gasteiger partial charge in [-0.15, -0.1) is 0 Å². The lowest BCUT2D eigenvalue weighted by atomic mass is 10.2. The fourth-order valence-corrected chi connectivity index (χ4v) is 3.42. The second-order valence-corrected chi connectivity index (χ2v) is 8.96. The molecule has 0 aromatic heterocycles. The summed E-state index contributed by atoms with van der Waals surface area (Å²) in [5, 5.41) is 9.43. The number of rotatable bonds is 6. The van der Waals surface area contributed by atoms with Crippen molar-refractivity contribution in [3.05, 3.63) is 52.0 Å². The van der Waals surface area contributed by atoms with Crippen LogP contribution in [-0.4, -0.2) is 40.9 Å². The highest BCUT2D eigenvalue weighted by atomic mass is 79.9. The van der Waals surface area contributed by atoms with Crippen molar-refractivity contribution in [1.82, 2.24) is 0 Å². The molecule has 166 valence electrons. The van der Waals surface area contributed by atoms with Gasteiger partial charge in [-0.1, -0.05) is 0 Å². The van der Waals surface area contributed by atoms with Gasteiger partial charge in [-0.2, -0.15) is 0 Å². The molecule has 0 saturated carbocycles. The summed E-state index contributed by atoms with van der Waals surface area (Å²) in [5.74, 6) is -1.82. The number of nitrogens with one attached hydrogen (secondary N) is 1. The van der Waals surface area contributed by atoms with Gasteiger partial charge in [0.2, 0.25) is 10.0 Å². The predicted octanol–water partition coefficient (Wildman–Crippen LogP) is 3.39. The Kier molecular flexibility index (Phi) is 10.7. The molecular formula is C19H25BBrF2NO5S. The van der Waals surface area contributed by atoms with E-state index in [0.717, 1.165) is 25.3 Å². The average Bonchev–Trinajstić information content (AvgIpc) is 3.25. The van der Waals surface area contributed by atoms with Crippen LogP contribution in [0.4, 0.5) is 14.5 Å². The van der Waals surface area contributed by atoms with Gasteiger partial charge in [0.05, 0.1) is 30.9 Å². The Morgan fingerprint density at radius 1 is 1.17 bits per heavy atom. The molecule has 30 heavy (non-hydrogen) atoms. The maximum Gasteiger partial charge on any atom is 0.232 e. The number of anilines is 1. The van der Waals surface area contributed by atoms with Crippen molar-refractivity contribution >= 4 is 40.1 Å². The summed E-state index contributed by atoms with van der Waals surface area (Å²) in [6.45, 7) is 3.02. The zero-order valence-corrected chi connectivity index (χ0v) is 18.2. The molecule has 2 aromatic rings. The van der Waals surface area contributed by atoms with Crippen molar-refractivity contribution in [2.24, 2.45) is 0 Å². The van der Waals surface area contributed by atoms with Crippen molar-refractivity contribution in [3.8, 4) is 11.5 Å². The minimum atomic E-state index is -3.53. The van der Waals surface area contributed by atoms with Gasteiger partial charge in [0.15, 0.2) is 11.6 Å². The van der Waals surface area contributed by atoms with Crippen LogP contribution in [0.15, 0.2) is 34.8 Å². The molecule has 1 heterocycles. The van der Waals surface area contributed by atoms with Crippen LogP contribution in [0, 0.1) is 11.6 Å². The van der Waals surface area contributed by atoms with E-state index in [1.54, 1.807) is 0 Å². The first-order chi connectivity index (χ1) is 13.8. The monoisotopic (exact) mass is 507 g/mol. The molecule has 11 heteroatoms. The van der Waals surface area contributed by atoms with E-state index in [0.29, 0.717) is 10.5 Å². The lowest BCUT2D eigenvalue weighted by Gasteiger charge is -2.15. The SMILES string of the molecule is B.C1CCOC1.CCS(=O)(=O)Nc1cc(Br)c(Oc2ccc(F)cc2F)cc1CO. The number of ether oxygens (including phenoxy) is 2. The van der Waals surface area contributed by atoms with Crippen LogP contribution in [-0.2, 0) is 21.4 Å². The summed E-state index contributed by atoms with van der Waals surface area (Å²) < 4.78 is 62.9. The Bertz CT molecular complexity index is 935. The van der Waals surface area contributed by atoms with Crippen LogP contribution >= 0.6 is 15.9 Å². The molecule has 0 spiro atoms. The minimum Gasteiger partial charge on any atom is -0.453 e. The minimum absolute atomic E-state index is 0. The molecule has 0 unspecified atom stereocenters. The first kappa shape index (κ1) is 26.4. The fraction of sp³-hybridized carbons (Fsp3) is 0.368. The van der Waals surface area contributed by atoms with Crippen molar-refractivity contribution in [2.45, 2.75) is 26.4 Å². The lowest BCUT2D eigenvalue weighted by molar-refractivity contribution is 0.198. The number of sulfonamides is 1. The molecular weight excluding hydrogens is 483 g/mol. The summed E-state index contributed by atoms with van der Waals surface area (Å²) in [4.78, 5) is 0. The molecule has 0 atom stereocenters. The summed E-state index contributed by atoms with van der Waals surface area (Å²) in [7, 11) is -3.53. The van der Waals surface area contributed by atoms with Gasteiger partial charge < -0.3 is 14.6 Å². The summed E-state index contributed by atoms with van der Waals surface area (Å²) in [6.07, 6.45) is 2.56. The lowest BCUT2D eigenvalue weighted by Crippen LogP contribution is -2.16. The number of aliphatic hydroxyl groups excluding tert-OH is 1. The van der Waals surface area contributed by atoms with Crippen LogP contribution in [0.2, 0.25) is 0 Å². The molecule has 3 rings (SSSR count). The average molecular weight is 508 g/mol. The van der Waals surface area contributed by atoms with E-state index >= 15 is 0 Å². The molecule has 0 amide bonds. The van der Waals surface area contributed by atoms with Crippen molar-refractivity contribution < 1.29 is 31.8 Å². The molecule has 0 aliphatic carbocycles. The maximum absolute atomic E-state index is 13.7. The third-order valence-electron chi connectivity index (χ3n) is 3.91. The van der Waals surface area contributed by atoms with Crippen LogP contribution < -0.4 is 9.46 Å². The number of hydrogen-bond donors (Lipinski definition) is 2. The fourth-order valence-electron chi connectivity index (χ4n) is 2.33. The second kappa shape index (κ2) is 12.2. The quantitative estimate of drug-likeness (QED) is 0.585. The zero-order chi connectivity index (χ0) is 21.4. The Hall–Kier alpha value is -1.69. The molecule has 1 saturated heterocycles. The van der Waals surface area contributed by atoms with E-state index in [-0.39, 0.29) is 36.9 Å². The molecule has 1 aliphatic rings. The first-order valence-corrected chi connectivity index (χ1v) is 11.3. The Morgan fingerprint density at radius 2 is 1.83 bits per heavy atom. The van der Waals surface area contributed by atoms with E-state index in [2.05, 4.69) is 20.7 Å². The van der Waals surface area contributed by atoms with Gasteiger partial charge in [-0.25, -0.2) is 17.2 Å². The van der Waals surface area contributed by atoms with Crippen molar-refractivity contribution in [1.29, 1.82) is 0 Å². The van der Waals surface area contributed by atoms with Gasteiger partial charge in [0, 0.05) is 24.8 Å². The van der Waals surface area contributed by atoms with Crippen LogP contribution in [0.5, 0.6) is 11.5 Å². The Labute approximate surface area is 185 Å². The Morgan fingerprint density at radius 3 is 2.33 bits per heavy atom. The van der Waals surface area contributed by atoms with Crippen molar-refractivity contribution in [2.75, 3.05) is 23.7 Å². The number of aliphatic hydroxyl groups is 1. The largest absolute Gasteiger partial charge is 0.453 e. The van der Waals surface area contributed by atoms with Crippen LogP contribution in [0.25, 0.3) is 0 Å². The zero-order valence-electron chi connectivity index (χ0n) is 15.8. The molecule has 1 fully saturated rings. The second-order valence-electron chi connectivity index (χ2n) is 6.10. The molecule has 0 bridgehead atoms. The van der Waals surface area contributed by atoms with E-state index < -0.39 is 28.3 Å². The number of hydrogen-bond acceptors (Lipinski definition) is 5. The van der Waals surface area contributed by atoms with E-state index in [1.165, 1.54) is 31.9 Å². The molecule has 6 nitrogen and oxygen atoms in total. The van der Waals surface area contributed by atoms with Gasteiger partial charge >= 0.3 is 0 Å². The number of halogens is 3. The molecule has 2 aromatic carbocycles. The van der Waals surface area contributed by atoms with E-state index in [9.17, 15) is 22.3 Å².